The van der Waals surface area contributed by atoms with Gasteiger partial charge >= 0.3 is 0 Å². The molecule has 0 radical (unpaired) electrons. The average Bonchev–Trinajstić information content (AvgIpc) is 2.48. The van der Waals surface area contributed by atoms with Crippen molar-refractivity contribution >= 4 is 17.0 Å². The number of non-ortho nitro benzene ring substituents is 1. The van der Waals surface area contributed by atoms with Crippen molar-refractivity contribution in [2.75, 3.05) is 6.61 Å². The second-order valence-electron chi connectivity index (χ2n) is 6.52. The molecule has 0 fully saturated rings. The van der Waals surface area contributed by atoms with Gasteiger partial charge in [-0.15, -0.1) is 4.72 Å². The molecule has 1 rings (SSSR count). The lowest BCUT2D eigenvalue weighted by Gasteiger charge is -2.39. The Morgan fingerprint density at radius 1 is 1.24 bits per heavy atom. The molecule has 2 atom stereocenters. The molecule has 142 valence electrons. The van der Waals surface area contributed by atoms with Crippen LogP contribution in [0.25, 0.3) is 0 Å². The van der Waals surface area contributed by atoms with Crippen molar-refractivity contribution in [1.82, 2.24) is 4.72 Å². The molecule has 0 aliphatic rings. The molecule has 1 unspecified atom stereocenters. The molecule has 0 aliphatic carbocycles. The number of aliphatic hydroxyl groups excluding tert-OH is 1. The van der Waals surface area contributed by atoms with Gasteiger partial charge in [0.15, 0.2) is 17.2 Å². The van der Waals surface area contributed by atoms with Gasteiger partial charge in [-0.2, -0.15) is 0 Å². The fourth-order valence-corrected chi connectivity index (χ4v) is 2.80. The van der Waals surface area contributed by atoms with Crippen molar-refractivity contribution < 1.29 is 32.1 Å². The standard InChI is InChI=1S/C14H18F4N2O4S/c1-12(2,3)25(24)19-13(4,14(17,18)7-21)9-5-8(20(22)23)6-10(15)11(9)16/h5-6,19,21H,7H2,1-4H3/t13-,25?/m1/s1. The second-order valence-corrected chi connectivity index (χ2v) is 8.48. The minimum atomic E-state index is -4.11. The third-order valence-corrected chi connectivity index (χ3v) is 5.25. The highest BCUT2D eigenvalue weighted by Crippen LogP contribution is 2.41. The van der Waals surface area contributed by atoms with Crippen molar-refractivity contribution in [2.24, 2.45) is 0 Å². The van der Waals surface area contributed by atoms with E-state index in [4.69, 9.17) is 5.11 Å². The number of nitro benzene ring substituents is 1. The van der Waals surface area contributed by atoms with Crippen molar-refractivity contribution in [1.29, 1.82) is 0 Å². The summed E-state index contributed by atoms with van der Waals surface area (Å²) < 4.78 is 69.9. The van der Waals surface area contributed by atoms with E-state index in [0.717, 1.165) is 0 Å². The van der Waals surface area contributed by atoms with Gasteiger partial charge in [-0.05, 0) is 27.7 Å². The number of rotatable bonds is 6. The summed E-state index contributed by atoms with van der Waals surface area (Å²) in [6.45, 7) is 3.23. The number of nitrogens with zero attached hydrogens (tertiary/aromatic N) is 1. The number of benzene rings is 1. The molecule has 0 heterocycles. The van der Waals surface area contributed by atoms with Crippen LogP contribution in [0, 0.1) is 21.7 Å². The smallest absolute Gasteiger partial charge is 0.296 e. The number of hydrogen-bond donors (Lipinski definition) is 2. The van der Waals surface area contributed by atoms with Crippen LogP contribution in [0.1, 0.15) is 33.3 Å². The monoisotopic (exact) mass is 386 g/mol. The van der Waals surface area contributed by atoms with Gasteiger partial charge in [0, 0.05) is 23.0 Å². The maximum atomic E-state index is 14.4. The highest BCUT2D eigenvalue weighted by molar-refractivity contribution is 7.90. The van der Waals surface area contributed by atoms with E-state index >= 15 is 0 Å². The van der Waals surface area contributed by atoms with Crippen LogP contribution < -0.4 is 4.72 Å². The van der Waals surface area contributed by atoms with Gasteiger partial charge in [0.2, 0.25) is 0 Å². The van der Waals surface area contributed by atoms with E-state index in [1.165, 1.54) is 20.8 Å². The van der Waals surface area contributed by atoms with Gasteiger partial charge < -0.3 is 9.66 Å². The van der Waals surface area contributed by atoms with Crippen molar-refractivity contribution in [3.8, 4) is 0 Å². The number of hydrogen-bond acceptors (Lipinski definition) is 5. The normalized spacial score (nSPS) is 16.4. The summed E-state index contributed by atoms with van der Waals surface area (Å²) in [4.78, 5) is 9.76. The zero-order valence-corrected chi connectivity index (χ0v) is 14.7. The summed E-state index contributed by atoms with van der Waals surface area (Å²) in [7, 11) is 0. The lowest BCUT2D eigenvalue weighted by molar-refractivity contribution is -0.385. The Kier molecular flexibility index (Phi) is 6.10. The Labute approximate surface area is 144 Å². The van der Waals surface area contributed by atoms with E-state index < -0.39 is 62.0 Å². The highest BCUT2D eigenvalue weighted by Gasteiger charge is 2.57. The molecular formula is C14H18F4N2O4S. The summed E-state index contributed by atoms with van der Waals surface area (Å²) in [5.41, 5.74) is -4.95. The van der Waals surface area contributed by atoms with Crippen LogP contribution in [-0.2, 0) is 16.9 Å². The first-order chi connectivity index (χ1) is 11.2. The maximum Gasteiger partial charge on any atom is 0.296 e. The highest BCUT2D eigenvalue weighted by atomic mass is 32.2. The van der Waals surface area contributed by atoms with Crippen LogP contribution in [0.4, 0.5) is 23.2 Å². The Bertz CT molecular complexity index is 669. The minimum Gasteiger partial charge on any atom is -0.598 e. The predicted molar refractivity (Wildman–Crippen MR) is 83.4 cm³/mol. The van der Waals surface area contributed by atoms with E-state index in [1.54, 1.807) is 0 Å². The average molecular weight is 386 g/mol. The van der Waals surface area contributed by atoms with Crippen molar-refractivity contribution in [3.63, 3.8) is 0 Å². The molecule has 1 aromatic rings. The predicted octanol–water partition coefficient (Wildman–Crippen LogP) is 2.77. The molecule has 1 aromatic carbocycles. The molecule has 0 amide bonds. The fourth-order valence-electron chi connectivity index (χ4n) is 1.87. The summed E-state index contributed by atoms with van der Waals surface area (Å²) >= 11 is -2.19. The zero-order valence-electron chi connectivity index (χ0n) is 13.9. The van der Waals surface area contributed by atoms with Crippen LogP contribution in [0.3, 0.4) is 0 Å². The van der Waals surface area contributed by atoms with Gasteiger partial charge in [0.1, 0.15) is 11.4 Å². The van der Waals surface area contributed by atoms with E-state index in [9.17, 15) is 32.2 Å². The maximum absolute atomic E-state index is 14.4. The summed E-state index contributed by atoms with van der Waals surface area (Å²) in [6.07, 6.45) is 0. The largest absolute Gasteiger partial charge is 0.598 e. The van der Waals surface area contributed by atoms with Crippen LogP contribution in [0.15, 0.2) is 12.1 Å². The van der Waals surface area contributed by atoms with E-state index in [2.05, 4.69) is 0 Å². The first-order valence-corrected chi connectivity index (χ1v) is 8.14. The topological polar surface area (TPSA) is 98.5 Å². The molecule has 0 saturated carbocycles. The molecule has 0 aliphatic heterocycles. The lowest BCUT2D eigenvalue weighted by Crippen LogP contribution is -2.60. The summed E-state index contributed by atoms with van der Waals surface area (Å²) in [5, 5.41) is 19.8. The molecule has 0 aromatic heterocycles. The Morgan fingerprint density at radius 3 is 2.16 bits per heavy atom. The first-order valence-electron chi connectivity index (χ1n) is 6.99. The molecule has 0 bridgehead atoms. The Morgan fingerprint density at radius 2 is 1.76 bits per heavy atom. The summed E-state index contributed by atoms with van der Waals surface area (Å²) in [5.74, 6) is -7.59. The Hall–Kier alpha value is -1.43. The van der Waals surface area contributed by atoms with Gasteiger partial charge in [0.05, 0.1) is 11.0 Å². The van der Waals surface area contributed by atoms with E-state index in [0.29, 0.717) is 13.0 Å². The molecule has 0 saturated heterocycles. The molecule has 0 spiro atoms. The van der Waals surface area contributed by atoms with Crippen molar-refractivity contribution in [2.45, 2.75) is 43.9 Å². The van der Waals surface area contributed by atoms with Gasteiger partial charge in [0.25, 0.3) is 11.6 Å². The van der Waals surface area contributed by atoms with Gasteiger partial charge in [-0.1, -0.05) is 0 Å². The molecular weight excluding hydrogens is 368 g/mol. The van der Waals surface area contributed by atoms with Gasteiger partial charge in [-0.3, -0.25) is 10.1 Å². The minimum absolute atomic E-state index is 0.247. The lowest BCUT2D eigenvalue weighted by atomic mass is 9.86. The van der Waals surface area contributed by atoms with Crippen LogP contribution in [0.5, 0.6) is 0 Å². The molecule has 6 nitrogen and oxygen atoms in total. The third kappa shape index (κ3) is 4.22. The molecule has 25 heavy (non-hydrogen) atoms. The first kappa shape index (κ1) is 21.6. The third-order valence-electron chi connectivity index (χ3n) is 3.55. The number of aliphatic hydroxyl groups is 1. The van der Waals surface area contributed by atoms with E-state index in [-0.39, 0.29) is 6.07 Å². The molecule has 2 N–H and O–H groups in total. The zero-order chi connectivity index (χ0) is 19.8. The number of halogens is 4. The SMILES string of the molecule is CC(C)(C)[S+]([O-])N[C@](C)(c1cc([N+](=O)[O-])cc(F)c1F)C(F)(F)CO. The quantitative estimate of drug-likeness (QED) is 0.339. The number of nitrogens with one attached hydrogen (secondary N) is 1. The fraction of sp³-hybridized carbons (Fsp3) is 0.571. The Balaban J connectivity index is 3.67. The summed E-state index contributed by atoms with van der Waals surface area (Å²) in [6, 6.07) is 0.673. The number of alkyl halides is 2. The van der Waals surface area contributed by atoms with Crippen LogP contribution in [0.2, 0.25) is 0 Å². The second kappa shape index (κ2) is 7.06. The van der Waals surface area contributed by atoms with E-state index in [1.807, 2.05) is 4.72 Å². The van der Waals surface area contributed by atoms with Crippen molar-refractivity contribution in [3.05, 3.63) is 39.4 Å². The van der Waals surface area contributed by atoms with Crippen LogP contribution in [-0.4, -0.2) is 31.9 Å². The number of nitro groups is 1. The molecule has 11 heteroatoms. The van der Waals surface area contributed by atoms with Gasteiger partial charge in [-0.25, -0.2) is 17.6 Å². The van der Waals surface area contributed by atoms with Crippen LogP contribution >= 0.6 is 0 Å².